The third-order valence-electron chi connectivity index (χ3n) is 3.26. The Labute approximate surface area is 95.7 Å². The van der Waals surface area contributed by atoms with E-state index in [9.17, 15) is 0 Å². The topological polar surface area (TPSA) is 15.6 Å². The first-order chi connectivity index (χ1) is 7.06. The minimum absolute atomic E-state index is 0.603. The molecule has 0 radical (unpaired) electrons. The molecule has 0 saturated carbocycles. The molecule has 0 aliphatic rings. The minimum atomic E-state index is 0.603. The van der Waals surface area contributed by atoms with Gasteiger partial charge < -0.3 is 0 Å². The second-order valence-corrected chi connectivity index (χ2v) is 4.48. The Morgan fingerprint density at radius 1 is 1.20 bits per heavy atom. The highest BCUT2D eigenvalue weighted by molar-refractivity contribution is 5.83. The van der Waals surface area contributed by atoms with Gasteiger partial charge in [-0.05, 0) is 32.1 Å². The third-order valence-corrected chi connectivity index (χ3v) is 3.26. The molecular formula is C13H28N2. The second-order valence-electron chi connectivity index (χ2n) is 4.48. The molecule has 0 heterocycles. The smallest absolute Gasteiger partial charge is 0.0464 e. The van der Waals surface area contributed by atoms with Crippen LogP contribution in [0.3, 0.4) is 0 Å². The molecule has 0 bridgehead atoms. The molecule has 0 aromatic heterocycles. The Kier molecular flexibility index (Phi) is 7.45. The fourth-order valence-corrected chi connectivity index (χ4v) is 1.71. The van der Waals surface area contributed by atoms with Gasteiger partial charge in [-0.25, -0.2) is 0 Å². The summed E-state index contributed by atoms with van der Waals surface area (Å²) in [5.41, 5.74) is 1.26. The SMILES string of the molecule is CCCC(CC)N(C)/N=C(\C)C(C)CC. The lowest BCUT2D eigenvalue weighted by Crippen LogP contribution is -2.28. The summed E-state index contributed by atoms with van der Waals surface area (Å²) in [6.07, 6.45) is 4.83. The van der Waals surface area contributed by atoms with E-state index in [4.69, 9.17) is 0 Å². The van der Waals surface area contributed by atoms with Crippen LogP contribution in [0, 0.1) is 5.92 Å². The highest BCUT2D eigenvalue weighted by Crippen LogP contribution is 2.11. The van der Waals surface area contributed by atoms with Crippen molar-refractivity contribution >= 4 is 5.71 Å². The predicted octanol–water partition coefficient (Wildman–Crippen LogP) is 3.92. The van der Waals surface area contributed by atoms with Crippen molar-refractivity contribution in [3.05, 3.63) is 0 Å². The van der Waals surface area contributed by atoms with Gasteiger partial charge in [-0.3, -0.25) is 5.01 Å². The molecule has 0 fully saturated rings. The first kappa shape index (κ1) is 14.5. The molecule has 2 heteroatoms. The predicted molar refractivity (Wildman–Crippen MR) is 69.3 cm³/mol. The Morgan fingerprint density at radius 3 is 2.20 bits per heavy atom. The lowest BCUT2D eigenvalue weighted by molar-refractivity contribution is 0.231. The van der Waals surface area contributed by atoms with Crippen LogP contribution in [-0.2, 0) is 0 Å². The average Bonchev–Trinajstić information content (AvgIpc) is 2.24. The first-order valence-electron chi connectivity index (χ1n) is 6.34. The molecule has 0 aliphatic heterocycles. The molecule has 0 N–H and O–H groups in total. The van der Waals surface area contributed by atoms with Gasteiger partial charge in [0.1, 0.15) is 0 Å². The van der Waals surface area contributed by atoms with Crippen LogP contribution in [0.2, 0.25) is 0 Å². The van der Waals surface area contributed by atoms with Crippen molar-refractivity contribution in [2.24, 2.45) is 11.0 Å². The van der Waals surface area contributed by atoms with Gasteiger partial charge in [0.2, 0.25) is 0 Å². The van der Waals surface area contributed by atoms with E-state index in [-0.39, 0.29) is 0 Å². The van der Waals surface area contributed by atoms with Crippen molar-refractivity contribution in [2.45, 2.75) is 66.3 Å². The van der Waals surface area contributed by atoms with E-state index >= 15 is 0 Å². The van der Waals surface area contributed by atoms with Gasteiger partial charge in [0.05, 0.1) is 0 Å². The largest absolute Gasteiger partial charge is 0.297 e. The summed E-state index contributed by atoms with van der Waals surface area (Å²) in [5, 5.41) is 6.85. The van der Waals surface area contributed by atoms with Crippen LogP contribution >= 0.6 is 0 Å². The lowest BCUT2D eigenvalue weighted by Gasteiger charge is -2.25. The van der Waals surface area contributed by atoms with E-state index in [0.717, 1.165) is 0 Å². The molecule has 2 atom stereocenters. The van der Waals surface area contributed by atoms with Crippen molar-refractivity contribution in [2.75, 3.05) is 7.05 Å². The van der Waals surface area contributed by atoms with Gasteiger partial charge in [-0.1, -0.05) is 34.1 Å². The van der Waals surface area contributed by atoms with Crippen LogP contribution in [0.5, 0.6) is 0 Å². The van der Waals surface area contributed by atoms with Gasteiger partial charge >= 0.3 is 0 Å². The minimum Gasteiger partial charge on any atom is -0.297 e. The van der Waals surface area contributed by atoms with Gasteiger partial charge in [0.25, 0.3) is 0 Å². The zero-order valence-corrected chi connectivity index (χ0v) is 11.4. The van der Waals surface area contributed by atoms with Crippen molar-refractivity contribution in [1.82, 2.24) is 5.01 Å². The zero-order chi connectivity index (χ0) is 11.8. The Morgan fingerprint density at radius 2 is 1.80 bits per heavy atom. The van der Waals surface area contributed by atoms with Crippen LogP contribution in [0.1, 0.15) is 60.3 Å². The number of nitrogens with zero attached hydrogens (tertiary/aromatic N) is 2. The summed E-state index contributed by atoms with van der Waals surface area (Å²) >= 11 is 0. The molecule has 2 unspecified atom stereocenters. The summed E-state index contributed by atoms with van der Waals surface area (Å²) in [4.78, 5) is 0. The Hall–Kier alpha value is -0.530. The maximum Gasteiger partial charge on any atom is 0.0464 e. The van der Waals surface area contributed by atoms with Crippen molar-refractivity contribution < 1.29 is 0 Å². The Balaban J connectivity index is 4.35. The lowest BCUT2D eigenvalue weighted by atomic mass is 10.0. The molecule has 0 rings (SSSR count). The molecule has 90 valence electrons. The molecule has 15 heavy (non-hydrogen) atoms. The maximum absolute atomic E-state index is 4.69. The summed E-state index contributed by atoms with van der Waals surface area (Å²) in [6, 6.07) is 0.606. The van der Waals surface area contributed by atoms with Crippen LogP contribution in [0.25, 0.3) is 0 Å². The third kappa shape index (κ3) is 5.19. The summed E-state index contributed by atoms with van der Waals surface area (Å²) < 4.78 is 0. The van der Waals surface area contributed by atoms with Gasteiger partial charge in [0, 0.05) is 18.8 Å². The van der Waals surface area contributed by atoms with E-state index in [1.165, 1.54) is 31.4 Å². The monoisotopic (exact) mass is 212 g/mol. The number of hydrogen-bond donors (Lipinski definition) is 0. The van der Waals surface area contributed by atoms with Crippen molar-refractivity contribution in [3.63, 3.8) is 0 Å². The average molecular weight is 212 g/mol. The summed E-state index contributed by atoms with van der Waals surface area (Å²) in [7, 11) is 2.11. The van der Waals surface area contributed by atoms with E-state index < -0.39 is 0 Å². The quantitative estimate of drug-likeness (QED) is 0.461. The molecule has 2 nitrogen and oxygen atoms in total. The number of hydrogen-bond acceptors (Lipinski definition) is 2. The van der Waals surface area contributed by atoms with E-state index in [0.29, 0.717) is 12.0 Å². The van der Waals surface area contributed by atoms with Crippen molar-refractivity contribution in [1.29, 1.82) is 0 Å². The van der Waals surface area contributed by atoms with Crippen molar-refractivity contribution in [3.8, 4) is 0 Å². The summed E-state index contributed by atoms with van der Waals surface area (Å²) in [6.45, 7) is 11.1. The van der Waals surface area contributed by atoms with Gasteiger partial charge in [-0.2, -0.15) is 5.10 Å². The molecule has 0 saturated heterocycles. The molecule has 0 amide bonds. The zero-order valence-electron chi connectivity index (χ0n) is 11.4. The number of rotatable bonds is 7. The molecule has 0 aromatic rings. The van der Waals surface area contributed by atoms with Crippen LogP contribution in [-0.4, -0.2) is 23.8 Å². The summed E-state index contributed by atoms with van der Waals surface area (Å²) in [5.74, 6) is 0.603. The first-order valence-corrected chi connectivity index (χ1v) is 6.34. The van der Waals surface area contributed by atoms with Crippen LogP contribution < -0.4 is 0 Å². The van der Waals surface area contributed by atoms with E-state index in [1.54, 1.807) is 0 Å². The normalized spacial score (nSPS) is 16.3. The second kappa shape index (κ2) is 7.72. The Bertz CT molecular complexity index is 187. The molecule has 0 aromatic carbocycles. The van der Waals surface area contributed by atoms with Gasteiger partial charge in [0.15, 0.2) is 0 Å². The fourth-order valence-electron chi connectivity index (χ4n) is 1.71. The molecule has 0 aliphatic carbocycles. The van der Waals surface area contributed by atoms with Crippen LogP contribution in [0.4, 0.5) is 0 Å². The van der Waals surface area contributed by atoms with Crippen LogP contribution in [0.15, 0.2) is 5.10 Å². The molecular weight excluding hydrogens is 184 g/mol. The standard InChI is InChI=1S/C13H28N2/c1-7-10-13(9-3)15(6)14-12(5)11(4)8-2/h11,13H,7-10H2,1-6H3/b14-12+. The number of hydrazone groups is 1. The fraction of sp³-hybridized carbons (Fsp3) is 0.923. The van der Waals surface area contributed by atoms with E-state index in [1.807, 2.05) is 0 Å². The van der Waals surface area contributed by atoms with Gasteiger partial charge in [-0.15, -0.1) is 0 Å². The highest BCUT2D eigenvalue weighted by atomic mass is 15.5. The maximum atomic E-state index is 4.69. The van der Waals surface area contributed by atoms with E-state index in [2.05, 4.69) is 51.8 Å². The highest BCUT2D eigenvalue weighted by Gasteiger charge is 2.11. The molecule has 0 spiro atoms.